The van der Waals surface area contributed by atoms with E-state index in [1.807, 2.05) is 6.07 Å². The number of ether oxygens (including phenoxy) is 3. The molecule has 0 spiro atoms. The number of rotatable bonds is 8. The van der Waals surface area contributed by atoms with Crippen molar-refractivity contribution in [3.63, 3.8) is 0 Å². The Morgan fingerprint density at radius 2 is 2.00 bits per heavy atom. The van der Waals surface area contributed by atoms with Crippen molar-refractivity contribution in [3.05, 3.63) is 45.1 Å². The molecule has 10 nitrogen and oxygen atoms in total. The quantitative estimate of drug-likeness (QED) is 0.331. The van der Waals surface area contributed by atoms with Crippen LogP contribution in [-0.2, 0) is 4.79 Å². The summed E-state index contributed by atoms with van der Waals surface area (Å²) < 4.78 is 16.4. The van der Waals surface area contributed by atoms with E-state index in [0.717, 1.165) is 22.9 Å². The predicted molar refractivity (Wildman–Crippen MR) is 106 cm³/mol. The zero-order chi connectivity index (χ0) is 21.7. The molecule has 0 bridgehead atoms. The topological polar surface area (TPSA) is 151 Å². The van der Waals surface area contributed by atoms with Crippen LogP contribution in [0.4, 0.5) is 5.69 Å². The van der Waals surface area contributed by atoms with E-state index in [0.29, 0.717) is 4.35 Å². The molecule has 29 heavy (non-hydrogen) atoms. The van der Waals surface area contributed by atoms with Gasteiger partial charge in [-0.25, -0.2) is 0 Å². The number of hydrogen-bond donors (Lipinski definition) is 1. The molecule has 152 valence electrons. The standard InChI is InChI=1S/C18H19AsN4O6/c1-4-29-18-10(8-20)11(19)6-12(22-18)16(17(21)24)9-5-15(28-3)13(23(25)26)7-14(9)27-2/h5-7,16H,4,19H2,1-3H3,(H2,21,24). The molecule has 0 radical (unpaired) electrons. The fraction of sp³-hybridized carbons (Fsp3) is 0.278. The molecule has 2 unspecified atom stereocenters. The summed E-state index contributed by atoms with van der Waals surface area (Å²) in [5.74, 6) is -1.76. The van der Waals surface area contributed by atoms with E-state index in [1.165, 1.54) is 20.3 Å². The van der Waals surface area contributed by atoms with Crippen LogP contribution in [0.1, 0.15) is 29.7 Å². The molecule has 2 N–H and O–H groups in total. The van der Waals surface area contributed by atoms with Crippen molar-refractivity contribution in [2.24, 2.45) is 5.73 Å². The molecule has 0 saturated heterocycles. The Balaban J connectivity index is 2.78. The molecule has 1 heterocycles. The molecule has 1 aromatic carbocycles. The first kappa shape index (κ1) is 22.0. The molecule has 1 amide bonds. The molecule has 11 heteroatoms. The number of hydrogen-bond acceptors (Lipinski definition) is 8. The van der Waals surface area contributed by atoms with Crippen LogP contribution in [0, 0.1) is 21.4 Å². The van der Waals surface area contributed by atoms with Crippen molar-refractivity contribution >= 4 is 32.8 Å². The van der Waals surface area contributed by atoms with Gasteiger partial charge in [0.2, 0.25) is 0 Å². The number of nitriles is 1. The minimum absolute atomic E-state index is 0.0586. The van der Waals surface area contributed by atoms with Gasteiger partial charge in [0.1, 0.15) is 0 Å². The summed E-state index contributed by atoms with van der Waals surface area (Å²) in [6.07, 6.45) is 0. The Morgan fingerprint density at radius 1 is 1.34 bits per heavy atom. The van der Waals surface area contributed by atoms with Crippen LogP contribution in [0.3, 0.4) is 0 Å². The number of primary amides is 1. The molecule has 2 aromatic rings. The van der Waals surface area contributed by atoms with Crippen LogP contribution in [0.15, 0.2) is 18.2 Å². The van der Waals surface area contributed by atoms with Crippen molar-refractivity contribution in [3.8, 4) is 23.4 Å². The third kappa shape index (κ3) is 4.41. The van der Waals surface area contributed by atoms with Crippen LogP contribution in [0.5, 0.6) is 17.4 Å². The van der Waals surface area contributed by atoms with Gasteiger partial charge in [0, 0.05) is 0 Å². The SMILES string of the molecule is CCOc1nc(C(C(N)=O)c2cc(OC)c([N+](=O)[O-])cc2OC)cc([AsH2])c1C#N. The van der Waals surface area contributed by atoms with Gasteiger partial charge in [0.15, 0.2) is 0 Å². The third-order valence-electron chi connectivity index (χ3n) is 4.05. The Labute approximate surface area is 175 Å². The molecular weight excluding hydrogens is 443 g/mol. The normalized spacial score (nSPS) is 11.3. The van der Waals surface area contributed by atoms with Crippen molar-refractivity contribution in [2.75, 3.05) is 20.8 Å². The van der Waals surface area contributed by atoms with Crippen LogP contribution < -0.4 is 24.3 Å². The van der Waals surface area contributed by atoms with Gasteiger partial charge in [-0.2, -0.15) is 0 Å². The number of benzene rings is 1. The summed E-state index contributed by atoms with van der Waals surface area (Å²) in [5, 5.41) is 20.6. The molecule has 0 aliphatic heterocycles. The average Bonchev–Trinajstić information content (AvgIpc) is 2.67. The fourth-order valence-corrected chi connectivity index (χ4v) is 3.55. The summed E-state index contributed by atoms with van der Waals surface area (Å²) in [4.78, 5) is 27.4. The summed E-state index contributed by atoms with van der Waals surface area (Å²) in [6, 6.07) is 6.10. The summed E-state index contributed by atoms with van der Waals surface area (Å²) in [5.41, 5.74) is 6.07. The van der Waals surface area contributed by atoms with Crippen molar-refractivity contribution in [1.29, 1.82) is 5.26 Å². The number of methoxy groups -OCH3 is 2. The van der Waals surface area contributed by atoms with Gasteiger partial charge in [-0.1, -0.05) is 0 Å². The minimum atomic E-state index is -1.11. The van der Waals surface area contributed by atoms with E-state index >= 15 is 0 Å². The van der Waals surface area contributed by atoms with E-state index < -0.39 is 16.7 Å². The number of carbonyl (C=O) groups is 1. The van der Waals surface area contributed by atoms with Crippen molar-refractivity contribution in [2.45, 2.75) is 12.8 Å². The maximum absolute atomic E-state index is 12.4. The number of pyridine rings is 1. The summed E-state index contributed by atoms with van der Waals surface area (Å²) >= 11 is 1.15. The van der Waals surface area contributed by atoms with Gasteiger partial charge >= 0.3 is 175 Å². The number of nitrogens with two attached hydrogens (primary N) is 1. The zero-order valence-corrected chi connectivity index (χ0v) is 18.4. The monoisotopic (exact) mass is 462 g/mol. The molecule has 0 aliphatic carbocycles. The van der Waals surface area contributed by atoms with Gasteiger partial charge < -0.3 is 0 Å². The molecule has 0 aliphatic rings. The number of nitro groups is 1. The molecule has 2 rings (SSSR count). The number of aromatic nitrogens is 1. The summed E-state index contributed by atoms with van der Waals surface area (Å²) in [7, 11) is 2.59. The van der Waals surface area contributed by atoms with E-state index in [9.17, 15) is 20.2 Å². The first-order valence-electron chi connectivity index (χ1n) is 8.31. The van der Waals surface area contributed by atoms with Gasteiger partial charge in [-0.15, -0.1) is 0 Å². The first-order valence-corrected chi connectivity index (χ1v) is 9.53. The van der Waals surface area contributed by atoms with Gasteiger partial charge in [0.05, 0.1) is 0 Å². The van der Waals surface area contributed by atoms with Crippen molar-refractivity contribution < 1.29 is 23.9 Å². The average molecular weight is 462 g/mol. The molecule has 0 fully saturated rings. The Morgan fingerprint density at radius 3 is 2.48 bits per heavy atom. The Hall–Kier alpha value is -3.31. The van der Waals surface area contributed by atoms with E-state index in [-0.39, 0.29) is 46.5 Å². The Kier molecular flexibility index (Phi) is 7.02. The molecular formula is C18H19AsN4O6. The molecule has 2 atom stereocenters. The van der Waals surface area contributed by atoms with E-state index in [4.69, 9.17) is 19.9 Å². The Bertz CT molecular complexity index is 1000. The third-order valence-corrected chi connectivity index (χ3v) is 5.00. The zero-order valence-electron chi connectivity index (χ0n) is 16.0. The van der Waals surface area contributed by atoms with E-state index in [2.05, 4.69) is 4.98 Å². The fourth-order valence-electron chi connectivity index (χ4n) is 2.79. The number of nitro benzene ring substituents is 1. The van der Waals surface area contributed by atoms with Crippen molar-refractivity contribution in [1.82, 2.24) is 4.98 Å². The van der Waals surface area contributed by atoms with E-state index in [1.54, 1.807) is 13.0 Å². The second-order valence-corrected chi connectivity index (χ2v) is 7.02. The van der Waals surface area contributed by atoms with Gasteiger partial charge in [0.25, 0.3) is 0 Å². The number of amides is 1. The number of carbonyl (C=O) groups excluding carboxylic acids is 1. The second-order valence-electron chi connectivity index (χ2n) is 5.72. The van der Waals surface area contributed by atoms with Gasteiger partial charge in [-0.05, 0) is 0 Å². The molecule has 1 aromatic heterocycles. The van der Waals surface area contributed by atoms with Crippen LogP contribution in [0.2, 0.25) is 0 Å². The molecule has 0 saturated carbocycles. The first-order chi connectivity index (χ1) is 13.8. The van der Waals surface area contributed by atoms with Crippen LogP contribution in [-0.4, -0.2) is 53.5 Å². The van der Waals surface area contributed by atoms with Crippen LogP contribution >= 0.6 is 0 Å². The number of nitrogens with zero attached hydrogens (tertiary/aromatic N) is 3. The predicted octanol–water partition coefficient (Wildman–Crippen LogP) is 0.153. The van der Waals surface area contributed by atoms with Gasteiger partial charge in [-0.3, -0.25) is 0 Å². The summed E-state index contributed by atoms with van der Waals surface area (Å²) in [6.45, 7) is 2.01. The second kappa shape index (κ2) is 9.26. The maximum atomic E-state index is 12.4. The van der Waals surface area contributed by atoms with Crippen LogP contribution in [0.25, 0.3) is 0 Å².